The van der Waals surface area contributed by atoms with Crippen LogP contribution in [0.4, 0.5) is 13.2 Å². The molecule has 0 fully saturated rings. The van der Waals surface area contributed by atoms with Gasteiger partial charge < -0.3 is 4.74 Å². The van der Waals surface area contributed by atoms with Gasteiger partial charge in [0.1, 0.15) is 22.9 Å². The zero-order chi connectivity index (χ0) is 16.3. The molecule has 0 radical (unpaired) electrons. The number of thiophene rings is 1. The summed E-state index contributed by atoms with van der Waals surface area (Å²) in [5.41, 5.74) is -2.04. The minimum absolute atomic E-state index is 0.0724. The standard InChI is InChI=1S/C16H15F3O2S/c1-3-21-15(20)16(2,9-11-5-4-6-22-11)14-12(18)7-10(17)8-13(14)19/h4-8H,3,9H2,1-2H3. The van der Waals surface area contributed by atoms with E-state index in [0.29, 0.717) is 12.1 Å². The van der Waals surface area contributed by atoms with Crippen LogP contribution in [0.5, 0.6) is 0 Å². The molecule has 2 aromatic rings. The van der Waals surface area contributed by atoms with E-state index >= 15 is 0 Å². The Morgan fingerprint density at radius 2 is 1.91 bits per heavy atom. The second-order valence-corrected chi connectivity index (χ2v) is 6.09. The molecule has 118 valence electrons. The quantitative estimate of drug-likeness (QED) is 0.768. The van der Waals surface area contributed by atoms with Crippen molar-refractivity contribution in [2.75, 3.05) is 6.61 Å². The number of benzene rings is 1. The van der Waals surface area contributed by atoms with Crippen molar-refractivity contribution in [2.24, 2.45) is 0 Å². The first-order chi connectivity index (χ1) is 10.4. The summed E-state index contributed by atoms with van der Waals surface area (Å²) >= 11 is 1.37. The fraction of sp³-hybridized carbons (Fsp3) is 0.312. The molecule has 0 bridgehead atoms. The second-order valence-electron chi connectivity index (χ2n) is 5.05. The molecule has 2 nitrogen and oxygen atoms in total. The Hall–Kier alpha value is -1.82. The number of hydrogen-bond acceptors (Lipinski definition) is 3. The van der Waals surface area contributed by atoms with E-state index in [1.165, 1.54) is 18.3 Å². The zero-order valence-electron chi connectivity index (χ0n) is 12.2. The molecule has 0 saturated heterocycles. The third kappa shape index (κ3) is 3.16. The molecule has 0 spiro atoms. The van der Waals surface area contributed by atoms with E-state index in [-0.39, 0.29) is 13.0 Å². The number of carbonyl (C=O) groups is 1. The summed E-state index contributed by atoms with van der Waals surface area (Å²) in [7, 11) is 0. The van der Waals surface area contributed by atoms with Gasteiger partial charge in [-0.05, 0) is 25.3 Å². The molecule has 1 aromatic heterocycles. The minimum Gasteiger partial charge on any atom is -0.465 e. The van der Waals surface area contributed by atoms with Crippen molar-refractivity contribution in [3.05, 3.63) is 57.5 Å². The van der Waals surface area contributed by atoms with Gasteiger partial charge >= 0.3 is 5.97 Å². The average molecular weight is 328 g/mol. The van der Waals surface area contributed by atoms with Crippen LogP contribution in [0.3, 0.4) is 0 Å². The third-order valence-corrected chi connectivity index (χ3v) is 4.27. The average Bonchev–Trinajstić information content (AvgIpc) is 2.90. The van der Waals surface area contributed by atoms with Crippen molar-refractivity contribution in [1.82, 2.24) is 0 Å². The Morgan fingerprint density at radius 1 is 1.27 bits per heavy atom. The molecular formula is C16H15F3O2S. The maximum absolute atomic E-state index is 14.2. The summed E-state index contributed by atoms with van der Waals surface area (Å²) in [6.07, 6.45) is 0.0724. The number of hydrogen-bond donors (Lipinski definition) is 0. The van der Waals surface area contributed by atoms with Gasteiger partial charge in [0.25, 0.3) is 0 Å². The third-order valence-electron chi connectivity index (χ3n) is 3.39. The fourth-order valence-corrected chi connectivity index (χ4v) is 3.25. The Kier molecular flexibility index (Phi) is 4.90. The Labute approximate surface area is 130 Å². The number of ether oxygens (including phenoxy) is 1. The molecule has 2 rings (SSSR count). The lowest BCUT2D eigenvalue weighted by atomic mass is 9.78. The highest BCUT2D eigenvalue weighted by Gasteiger charge is 2.42. The Bertz CT molecular complexity index is 647. The van der Waals surface area contributed by atoms with Gasteiger partial charge in [-0.1, -0.05) is 6.07 Å². The molecular weight excluding hydrogens is 313 g/mol. The normalized spacial score (nSPS) is 13.7. The van der Waals surface area contributed by atoms with Crippen molar-refractivity contribution >= 4 is 17.3 Å². The van der Waals surface area contributed by atoms with Gasteiger partial charge in [-0.3, -0.25) is 4.79 Å². The maximum atomic E-state index is 14.2. The van der Waals surface area contributed by atoms with Gasteiger partial charge in [0, 0.05) is 29.0 Å². The maximum Gasteiger partial charge on any atom is 0.316 e. The van der Waals surface area contributed by atoms with E-state index in [1.54, 1.807) is 24.4 Å². The van der Waals surface area contributed by atoms with Crippen LogP contribution >= 0.6 is 11.3 Å². The zero-order valence-corrected chi connectivity index (χ0v) is 13.0. The van der Waals surface area contributed by atoms with E-state index in [2.05, 4.69) is 0 Å². The van der Waals surface area contributed by atoms with Crippen LogP contribution in [-0.4, -0.2) is 12.6 Å². The summed E-state index contributed by atoms with van der Waals surface area (Å²) in [6, 6.07) is 4.69. The summed E-state index contributed by atoms with van der Waals surface area (Å²) in [5.74, 6) is -3.96. The molecule has 0 amide bonds. The van der Waals surface area contributed by atoms with E-state index in [4.69, 9.17) is 4.74 Å². The highest BCUT2D eigenvalue weighted by atomic mass is 32.1. The predicted molar refractivity (Wildman–Crippen MR) is 78.3 cm³/mol. The lowest BCUT2D eigenvalue weighted by Crippen LogP contribution is -2.38. The largest absolute Gasteiger partial charge is 0.465 e. The van der Waals surface area contributed by atoms with Crippen LogP contribution in [0.25, 0.3) is 0 Å². The van der Waals surface area contributed by atoms with Crippen LogP contribution in [0.15, 0.2) is 29.6 Å². The van der Waals surface area contributed by atoms with E-state index in [9.17, 15) is 18.0 Å². The van der Waals surface area contributed by atoms with Gasteiger partial charge in [0.15, 0.2) is 0 Å². The van der Waals surface area contributed by atoms with Gasteiger partial charge in [0.2, 0.25) is 0 Å². The molecule has 1 atom stereocenters. The lowest BCUT2D eigenvalue weighted by Gasteiger charge is -2.28. The van der Waals surface area contributed by atoms with E-state index in [0.717, 1.165) is 4.88 Å². The van der Waals surface area contributed by atoms with Gasteiger partial charge in [-0.2, -0.15) is 0 Å². The molecule has 6 heteroatoms. The van der Waals surface area contributed by atoms with Crippen molar-refractivity contribution in [3.8, 4) is 0 Å². The SMILES string of the molecule is CCOC(=O)C(C)(Cc1cccs1)c1c(F)cc(F)cc1F. The monoisotopic (exact) mass is 328 g/mol. The van der Waals surface area contributed by atoms with Crippen LogP contribution in [0.2, 0.25) is 0 Å². The van der Waals surface area contributed by atoms with Gasteiger partial charge in [-0.15, -0.1) is 11.3 Å². The molecule has 0 N–H and O–H groups in total. The smallest absolute Gasteiger partial charge is 0.316 e. The molecule has 0 saturated carbocycles. The Morgan fingerprint density at radius 3 is 2.41 bits per heavy atom. The van der Waals surface area contributed by atoms with E-state index < -0.39 is 34.4 Å². The lowest BCUT2D eigenvalue weighted by molar-refractivity contribution is -0.149. The molecule has 1 aromatic carbocycles. The summed E-state index contributed by atoms with van der Waals surface area (Å²) < 4.78 is 46.4. The minimum atomic E-state index is -1.57. The molecule has 0 aliphatic rings. The first kappa shape index (κ1) is 16.5. The van der Waals surface area contributed by atoms with Crippen LogP contribution in [-0.2, 0) is 21.4 Å². The Balaban J connectivity index is 2.55. The van der Waals surface area contributed by atoms with E-state index in [1.807, 2.05) is 0 Å². The highest BCUT2D eigenvalue weighted by Crippen LogP contribution is 2.35. The molecule has 1 unspecified atom stereocenters. The highest BCUT2D eigenvalue weighted by molar-refractivity contribution is 7.09. The van der Waals surface area contributed by atoms with Gasteiger partial charge in [0.05, 0.1) is 6.61 Å². The molecule has 0 aliphatic carbocycles. The van der Waals surface area contributed by atoms with Crippen LogP contribution in [0, 0.1) is 17.5 Å². The number of esters is 1. The summed E-state index contributed by atoms with van der Waals surface area (Å²) in [6.45, 7) is 3.11. The van der Waals surface area contributed by atoms with Crippen molar-refractivity contribution in [1.29, 1.82) is 0 Å². The number of rotatable bonds is 5. The number of halogens is 3. The second kappa shape index (κ2) is 6.52. The summed E-state index contributed by atoms with van der Waals surface area (Å²) in [5, 5.41) is 1.80. The van der Waals surface area contributed by atoms with Gasteiger partial charge in [-0.25, -0.2) is 13.2 Å². The molecule has 1 heterocycles. The predicted octanol–water partition coefficient (Wildman–Crippen LogP) is 4.23. The number of carbonyl (C=O) groups excluding carboxylic acids is 1. The first-order valence-electron chi connectivity index (χ1n) is 6.73. The molecule has 0 aliphatic heterocycles. The van der Waals surface area contributed by atoms with Crippen molar-refractivity contribution < 1.29 is 22.7 Å². The van der Waals surface area contributed by atoms with Crippen LogP contribution < -0.4 is 0 Å². The van der Waals surface area contributed by atoms with Crippen LogP contribution in [0.1, 0.15) is 24.3 Å². The topological polar surface area (TPSA) is 26.3 Å². The van der Waals surface area contributed by atoms with Crippen molar-refractivity contribution in [2.45, 2.75) is 25.7 Å². The molecule has 22 heavy (non-hydrogen) atoms. The van der Waals surface area contributed by atoms with Crippen molar-refractivity contribution in [3.63, 3.8) is 0 Å². The fourth-order valence-electron chi connectivity index (χ4n) is 2.38. The first-order valence-corrected chi connectivity index (χ1v) is 7.61. The summed E-state index contributed by atoms with van der Waals surface area (Å²) in [4.78, 5) is 13.1.